The molecule has 0 spiro atoms. The summed E-state index contributed by atoms with van der Waals surface area (Å²) in [6.07, 6.45) is 5.41. The molecule has 0 bridgehead atoms. The van der Waals surface area contributed by atoms with Gasteiger partial charge in [-0.25, -0.2) is 8.42 Å². The van der Waals surface area contributed by atoms with Crippen LogP contribution in [-0.4, -0.2) is 30.5 Å². The van der Waals surface area contributed by atoms with Crippen molar-refractivity contribution in [3.05, 3.63) is 59.9 Å². The van der Waals surface area contributed by atoms with Gasteiger partial charge in [-0.05, 0) is 37.0 Å². The summed E-state index contributed by atoms with van der Waals surface area (Å²) in [5.74, 6) is -0.0439. The highest BCUT2D eigenvalue weighted by Crippen LogP contribution is 2.42. The third-order valence-electron chi connectivity index (χ3n) is 5.07. The maximum Gasteiger partial charge on any atom is 0.245 e. The Labute approximate surface area is 148 Å². The van der Waals surface area contributed by atoms with Crippen molar-refractivity contribution in [2.45, 2.75) is 43.0 Å². The number of aromatic nitrogens is 1. The summed E-state index contributed by atoms with van der Waals surface area (Å²) in [6.45, 7) is 1.74. The van der Waals surface area contributed by atoms with Crippen molar-refractivity contribution < 1.29 is 13.2 Å². The molecule has 0 radical (unpaired) electrons. The third-order valence-corrected chi connectivity index (χ3v) is 7.09. The molecule has 25 heavy (non-hydrogen) atoms. The summed E-state index contributed by atoms with van der Waals surface area (Å²) in [6, 6.07) is 10.9. The number of rotatable bonds is 4. The van der Waals surface area contributed by atoms with Gasteiger partial charge in [0.15, 0.2) is 5.78 Å². The van der Waals surface area contributed by atoms with Crippen LogP contribution in [0.25, 0.3) is 0 Å². The zero-order chi connectivity index (χ0) is 18.1. The lowest BCUT2D eigenvalue weighted by Crippen LogP contribution is -2.54. The number of nitrogens with zero attached hydrogens (tertiary/aromatic N) is 2. The Morgan fingerprint density at radius 1 is 1.12 bits per heavy atom. The van der Waals surface area contributed by atoms with Gasteiger partial charge in [0.05, 0.1) is 0 Å². The van der Waals surface area contributed by atoms with Crippen LogP contribution in [-0.2, 0) is 20.4 Å². The molecule has 132 valence electrons. The van der Waals surface area contributed by atoms with Crippen molar-refractivity contribution in [3.8, 4) is 0 Å². The van der Waals surface area contributed by atoms with E-state index in [0.29, 0.717) is 18.4 Å². The second-order valence-corrected chi connectivity index (χ2v) is 8.41. The SMILES string of the molecule is Cc1ccncc1S(=O)(=O)N(C)C1(c2ccccc2)CCCCC1=O. The molecule has 0 N–H and O–H groups in total. The first-order valence-electron chi connectivity index (χ1n) is 8.39. The van der Waals surface area contributed by atoms with Crippen molar-refractivity contribution in [3.63, 3.8) is 0 Å². The van der Waals surface area contributed by atoms with E-state index in [1.165, 1.54) is 17.5 Å². The Morgan fingerprint density at radius 2 is 1.84 bits per heavy atom. The van der Waals surface area contributed by atoms with Crippen LogP contribution >= 0.6 is 0 Å². The summed E-state index contributed by atoms with van der Waals surface area (Å²) in [5.41, 5.74) is 0.196. The molecule has 1 atom stereocenters. The standard InChI is InChI=1S/C19H22N2O3S/c1-15-11-13-20-14-17(15)25(23,24)21(2)19(12-7-6-10-18(19)22)16-8-4-3-5-9-16/h3-5,8-9,11,13-14H,6-7,10,12H2,1-2H3. The average Bonchev–Trinajstić information content (AvgIpc) is 2.62. The molecule has 2 aromatic rings. The van der Waals surface area contributed by atoms with Crippen LogP contribution in [0.3, 0.4) is 0 Å². The molecule has 1 heterocycles. The molecule has 1 aromatic heterocycles. The second kappa shape index (κ2) is 6.69. The average molecular weight is 358 g/mol. The first-order chi connectivity index (χ1) is 11.9. The highest BCUT2D eigenvalue weighted by molar-refractivity contribution is 7.89. The summed E-state index contributed by atoms with van der Waals surface area (Å²) in [4.78, 5) is 17.1. The lowest BCUT2D eigenvalue weighted by molar-refractivity contribution is -0.131. The fourth-order valence-electron chi connectivity index (χ4n) is 3.62. The van der Waals surface area contributed by atoms with Gasteiger partial charge in [-0.3, -0.25) is 9.78 Å². The van der Waals surface area contributed by atoms with Gasteiger partial charge in [0.25, 0.3) is 0 Å². The molecule has 0 aliphatic heterocycles. The van der Waals surface area contributed by atoms with Crippen molar-refractivity contribution >= 4 is 15.8 Å². The normalized spacial score (nSPS) is 21.5. The number of hydrogen-bond acceptors (Lipinski definition) is 4. The second-order valence-electron chi connectivity index (χ2n) is 6.47. The van der Waals surface area contributed by atoms with Crippen LogP contribution in [0.5, 0.6) is 0 Å². The maximum absolute atomic E-state index is 13.3. The van der Waals surface area contributed by atoms with E-state index in [4.69, 9.17) is 0 Å². The van der Waals surface area contributed by atoms with Crippen LogP contribution in [0, 0.1) is 6.92 Å². The fraction of sp³-hybridized carbons (Fsp3) is 0.368. The lowest BCUT2D eigenvalue weighted by Gasteiger charge is -2.42. The van der Waals surface area contributed by atoms with E-state index in [0.717, 1.165) is 18.4 Å². The Balaban J connectivity index is 2.17. The smallest absolute Gasteiger partial charge is 0.245 e. The van der Waals surface area contributed by atoms with Gasteiger partial charge >= 0.3 is 0 Å². The maximum atomic E-state index is 13.3. The van der Waals surface area contributed by atoms with Crippen LogP contribution in [0.2, 0.25) is 0 Å². The van der Waals surface area contributed by atoms with Gasteiger partial charge in [-0.15, -0.1) is 0 Å². The van der Waals surface area contributed by atoms with Gasteiger partial charge in [0.2, 0.25) is 10.0 Å². The minimum Gasteiger partial charge on any atom is -0.297 e. The van der Waals surface area contributed by atoms with E-state index >= 15 is 0 Å². The fourth-order valence-corrected chi connectivity index (χ4v) is 5.29. The van der Waals surface area contributed by atoms with E-state index in [1.807, 2.05) is 30.3 Å². The monoisotopic (exact) mass is 358 g/mol. The topological polar surface area (TPSA) is 67.3 Å². The van der Waals surface area contributed by atoms with E-state index < -0.39 is 15.6 Å². The van der Waals surface area contributed by atoms with Crippen molar-refractivity contribution in [2.24, 2.45) is 0 Å². The highest BCUT2D eigenvalue weighted by Gasteiger charge is 2.49. The van der Waals surface area contributed by atoms with Crippen LogP contribution in [0.15, 0.2) is 53.7 Å². The van der Waals surface area contributed by atoms with Crippen LogP contribution in [0.1, 0.15) is 36.8 Å². The van der Waals surface area contributed by atoms with E-state index in [1.54, 1.807) is 19.2 Å². The quantitative estimate of drug-likeness (QED) is 0.842. The first kappa shape index (κ1) is 17.8. The Hall–Kier alpha value is -2.05. The molecule has 0 amide bonds. The van der Waals surface area contributed by atoms with Crippen LogP contribution in [0.4, 0.5) is 0 Å². The Morgan fingerprint density at radius 3 is 2.48 bits per heavy atom. The number of carbonyl (C=O) groups is 1. The third kappa shape index (κ3) is 2.89. The number of aryl methyl sites for hydroxylation is 1. The van der Waals surface area contributed by atoms with E-state index in [2.05, 4.69) is 4.98 Å². The number of carbonyl (C=O) groups excluding carboxylic acids is 1. The Kier molecular flexibility index (Phi) is 4.75. The molecule has 5 nitrogen and oxygen atoms in total. The first-order valence-corrected chi connectivity index (χ1v) is 9.83. The number of sulfonamides is 1. The molecule has 1 aromatic carbocycles. The largest absolute Gasteiger partial charge is 0.297 e. The van der Waals surface area contributed by atoms with Gasteiger partial charge < -0.3 is 0 Å². The number of likely N-dealkylation sites (N-methyl/N-ethyl adjacent to an activating group) is 1. The molecule has 3 rings (SSSR count). The minimum atomic E-state index is -3.86. The summed E-state index contributed by atoms with van der Waals surface area (Å²) in [7, 11) is -2.35. The molecule has 1 fully saturated rings. The summed E-state index contributed by atoms with van der Waals surface area (Å²) >= 11 is 0. The summed E-state index contributed by atoms with van der Waals surface area (Å²) < 4.78 is 27.9. The van der Waals surface area contributed by atoms with Crippen molar-refractivity contribution in [1.82, 2.24) is 9.29 Å². The van der Waals surface area contributed by atoms with Crippen molar-refractivity contribution in [1.29, 1.82) is 0 Å². The molecule has 6 heteroatoms. The number of Topliss-reactive ketones (excluding diaryl/α,β-unsaturated/α-hetero) is 1. The number of ketones is 1. The van der Waals surface area contributed by atoms with Gasteiger partial charge in [-0.1, -0.05) is 36.8 Å². The van der Waals surface area contributed by atoms with Gasteiger partial charge in [0, 0.05) is 25.9 Å². The zero-order valence-corrected chi connectivity index (χ0v) is 15.3. The van der Waals surface area contributed by atoms with Crippen LogP contribution < -0.4 is 0 Å². The molecular weight excluding hydrogens is 336 g/mol. The van der Waals surface area contributed by atoms with E-state index in [-0.39, 0.29) is 10.7 Å². The highest BCUT2D eigenvalue weighted by atomic mass is 32.2. The molecular formula is C19H22N2O3S. The molecule has 1 saturated carbocycles. The van der Waals surface area contributed by atoms with E-state index in [9.17, 15) is 13.2 Å². The number of hydrogen-bond donors (Lipinski definition) is 0. The molecule has 1 aliphatic rings. The zero-order valence-electron chi connectivity index (χ0n) is 14.5. The minimum absolute atomic E-state index is 0.0439. The molecule has 1 unspecified atom stereocenters. The number of benzene rings is 1. The Bertz CT molecular complexity index is 881. The van der Waals surface area contributed by atoms with Gasteiger partial charge in [0.1, 0.15) is 10.4 Å². The summed E-state index contributed by atoms with van der Waals surface area (Å²) in [5, 5.41) is 0. The van der Waals surface area contributed by atoms with Gasteiger partial charge in [-0.2, -0.15) is 4.31 Å². The van der Waals surface area contributed by atoms with Crippen molar-refractivity contribution in [2.75, 3.05) is 7.05 Å². The molecule has 0 saturated heterocycles. The number of pyridine rings is 1. The predicted molar refractivity (Wildman–Crippen MR) is 95.5 cm³/mol. The predicted octanol–water partition coefficient (Wildman–Crippen LogP) is 3.05. The molecule has 1 aliphatic carbocycles. The lowest BCUT2D eigenvalue weighted by atomic mass is 9.75.